The molecule has 19 heavy (non-hydrogen) atoms. The van der Waals surface area contributed by atoms with Gasteiger partial charge in [-0.05, 0) is 17.5 Å². The smallest absolute Gasteiger partial charge is 0.0692 e. The number of nitrogens with one attached hydrogen (secondary N) is 2. The highest BCUT2D eigenvalue weighted by molar-refractivity contribution is 5.82. The fourth-order valence-electron chi connectivity index (χ4n) is 2.63. The van der Waals surface area contributed by atoms with Crippen molar-refractivity contribution >= 4 is 10.9 Å². The Balaban J connectivity index is 1.89. The van der Waals surface area contributed by atoms with Crippen molar-refractivity contribution in [1.82, 2.24) is 10.3 Å². The molecule has 0 fully saturated rings. The van der Waals surface area contributed by atoms with Crippen LogP contribution in [0.15, 0.2) is 30.5 Å². The maximum absolute atomic E-state index is 10.1. The number of aromatic nitrogens is 1. The minimum absolute atomic E-state index is 0.250. The number of para-hydroxylation sites is 1. The van der Waals surface area contributed by atoms with Gasteiger partial charge in [0, 0.05) is 30.2 Å². The third-order valence-corrected chi connectivity index (χ3v) is 3.94. The summed E-state index contributed by atoms with van der Waals surface area (Å²) in [5, 5.41) is 14.7. The van der Waals surface area contributed by atoms with Crippen LogP contribution < -0.4 is 5.32 Å². The summed E-state index contributed by atoms with van der Waals surface area (Å²) in [6.45, 7) is 5.72. The summed E-state index contributed by atoms with van der Waals surface area (Å²) in [4.78, 5) is 3.27. The van der Waals surface area contributed by atoms with E-state index in [1.165, 1.54) is 16.5 Å². The van der Waals surface area contributed by atoms with Crippen LogP contribution in [0.1, 0.15) is 32.3 Å². The maximum atomic E-state index is 10.1. The highest BCUT2D eigenvalue weighted by Gasteiger charge is 2.14. The van der Waals surface area contributed by atoms with Crippen LogP contribution in [-0.4, -0.2) is 22.7 Å². The van der Waals surface area contributed by atoms with Crippen molar-refractivity contribution < 1.29 is 5.11 Å². The second kappa shape index (κ2) is 6.73. The predicted molar refractivity (Wildman–Crippen MR) is 80.1 cm³/mol. The average molecular weight is 260 g/mol. The molecule has 2 rings (SSSR count). The number of aliphatic hydroxyl groups excluding tert-OH is 1. The van der Waals surface area contributed by atoms with E-state index in [1.54, 1.807) is 0 Å². The zero-order chi connectivity index (χ0) is 13.7. The summed E-state index contributed by atoms with van der Waals surface area (Å²) in [7, 11) is 0. The van der Waals surface area contributed by atoms with Gasteiger partial charge in [0.2, 0.25) is 0 Å². The molecule has 3 heteroatoms. The Morgan fingerprint density at radius 1 is 1.21 bits per heavy atom. The molecule has 1 unspecified atom stereocenters. The molecular weight excluding hydrogens is 236 g/mol. The molecule has 3 N–H and O–H groups in total. The summed E-state index contributed by atoms with van der Waals surface area (Å²) in [5.74, 6) is 0.399. The topological polar surface area (TPSA) is 48.0 Å². The van der Waals surface area contributed by atoms with Crippen molar-refractivity contribution in [3.8, 4) is 0 Å². The van der Waals surface area contributed by atoms with E-state index in [1.807, 2.05) is 12.3 Å². The van der Waals surface area contributed by atoms with E-state index in [2.05, 4.69) is 42.3 Å². The number of hydrogen-bond acceptors (Lipinski definition) is 2. The van der Waals surface area contributed by atoms with E-state index >= 15 is 0 Å². The minimum atomic E-state index is -0.250. The van der Waals surface area contributed by atoms with Gasteiger partial charge in [-0.25, -0.2) is 0 Å². The molecule has 0 aliphatic carbocycles. The number of hydrogen-bond donors (Lipinski definition) is 3. The monoisotopic (exact) mass is 260 g/mol. The summed E-state index contributed by atoms with van der Waals surface area (Å²) in [6.07, 6.45) is 3.86. The fourth-order valence-corrected chi connectivity index (χ4v) is 2.63. The lowest BCUT2D eigenvalue weighted by Gasteiger charge is -2.20. The quantitative estimate of drug-likeness (QED) is 0.716. The second-order valence-electron chi connectivity index (χ2n) is 5.13. The highest BCUT2D eigenvalue weighted by atomic mass is 16.3. The van der Waals surface area contributed by atoms with Crippen molar-refractivity contribution in [2.45, 2.75) is 39.3 Å². The summed E-state index contributed by atoms with van der Waals surface area (Å²) in [6, 6.07) is 8.30. The predicted octanol–water partition coefficient (Wildman–Crippen LogP) is 3.05. The molecule has 1 aromatic heterocycles. The number of rotatable bonds is 7. The van der Waals surface area contributed by atoms with E-state index in [0.29, 0.717) is 12.5 Å². The van der Waals surface area contributed by atoms with E-state index in [0.717, 1.165) is 19.4 Å². The molecule has 0 aliphatic rings. The SMILES string of the molecule is CCC(CC)C(O)CNCc1c[nH]c2ccccc12. The third-order valence-electron chi connectivity index (χ3n) is 3.94. The van der Waals surface area contributed by atoms with Gasteiger partial charge >= 0.3 is 0 Å². The average Bonchev–Trinajstić information content (AvgIpc) is 2.84. The van der Waals surface area contributed by atoms with E-state index in [9.17, 15) is 5.11 Å². The summed E-state index contributed by atoms with van der Waals surface area (Å²) >= 11 is 0. The molecule has 0 saturated heterocycles. The van der Waals surface area contributed by atoms with Crippen molar-refractivity contribution in [3.05, 3.63) is 36.0 Å². The maximum Gasteiger partial charge on any atom is 0.0692 e. The molecule has 0 amide bonds. The normalized spacial score (nSPS) is 13.3. The van der Waals surface area contributed by atoms with Crippen LogP contribution in [0.5, 0.6) is 0 Å². The lowest BCUT2D eigenvalue weighted by Crippen LogP contribution is -2.32. The number of fused-ring (bicyclic) bond motifs is 1. The van der Waals surface area contributed by atoms with Crippen molar-refractivity contribution in [2.75, 3.05) is 6.54 Å². The van der Waals surface area contributed by atoms with Crippen LogP contribution >= 0.6 is 0 Å². The zero-order valence-corrected chi connectivity index (χ0v) is 11.8. The highest BCUT2D eigenvalue weighted by Crippen LogP contribution is 2.17. The Labute approximate surface area is 115 Å². The Morgan fingerprint density at radius 2 is 1.95 bits per heavy atom. The van der Waals surface area contributed by atoms with Crippen molar-refractivity contribution in [2.24, 2.45) is 5.92 Å². The minimum Gasteiger partial charge on any atom is -0.392 e. The molecule has 1 atom stereocenters. The van der Waals surface area contributed by atoms with E-state index < -0.39 is 0 Å². The number of aromatic amines is 1. The van der Waals surface area contributed by atoms with Crippen LogP contribution in [0.25, 0.3) is 10.9 Å². The molecule has 0 radical (unpaired) electrons. The number of benzene rings is 1. The van der Waals surface area contributed by atoms with Crippen LogP contribution in [0.2, 0.25) is 0 Å². The first kappa shape index (κ1) is 14.1. The molecule has 0 saturated carbocycles. The van der Waals surface area contributed by atoms with Crippen LogP contribution in [0.4, 0.5) is 0 Å². The number of H-pyrrole nitrogens is 1. The molecule has 0 aliphatic heterocycles. The molecule has 104 valence electrons. The van der Waals surface area contributed by atoms with Crippen LogP contribution in [0, 0.1) is 5.92 Å². The Hall–Kier alpha value is -1.32. The van der Waals surface area contributed by atoms with Gasteiger partial charge in [0.05, 0.1) is 6.10 Å². The van der Waals surface area contributed by atoms with Gasteiger partial charge in [0.15, 0.2) is 0 Å². The van der Waals surface area contributed by atoms with Crippen molar-refractivity contribution in [1.29, 1.82) is 0 Å². The van der Waals surface area contributed by atoms with Gasteiger partial charge in [-0.1, -0.05) is 44.9 Å². The first-order valence-corrected chi connectivity index (χ1v) is 7.20. The van der Waals surface area contributed by atoms with Gasteiger partial charge < -0.3 is 15.4 Å². The molecule has 0 bridgehead atoms. The molecule has 1 aromatic carbocycles. The first-order valence-electron chi connectivity index (χ1n) is 7.20. The molecule has 2 aromatic rings. The van der Waals surface area contributed by atoms with Gasteiger partial charge in [0.1, 0.15) is 0 Å². The third kappa shape index (κ3) is 3.37. The number of aliphatic hydroxyl groups is 1. The standard InChI is InChI=1S/C16H24N2O/c1-3-12(4-2)16(19)11-17-9-13-10-18-15-8-6-5-7-14(13)15/h5-8,10,12,16-19H,3-4,9,11H2,1-2H3. The van der Waals surface area contributed by atoms with Crippen molar-refractivity contribution in [3.63, 3.8) is 0 Å². The zero-order valence-electron chi connectivity index (χ0n) is 11.8. The molecule has 1 heterocycles. The van der Waals surface area contributed by atoms with Crippen LogP contribution in [0.3, 0.4) is 0 Å². The Bertz CT molecular complexity index is 502. The van der Waals surface area contributed by atoms with E-state index in [4.69, 9.17) is 0 Å². The summed E-state index contributed by atoms with van der Waals surface area (Å²) < 4.78 is 0. The molecular formula is C16H24N2O. The van der Waals surface area contributed by atoms with Gasteiger partial charge in [-0.2, -0.15) is 0 Å². The Kier molecular flexibility index (Phi) is 5.00. The molecule has 3 nitrogen and oxygen atoms in total. The Morgan fingerprint density at radius 3 is 2.68 bits per heavy atom. The lowest BCUT2D eigenvalue weighted by atomic mass is 9.96. The fraction of sp³-hybridized carbons (Fsp3) is 0.500. The first-order chi connectivity index (χ1) is 9.26. The second-order valence-corrected chi connectivity index (χ2v) is 5.13. The van der Waals surface area contributed by atoms with Gasteiger partial charge in [0.25, 0.3) is 0 Å². The van der Waals surface area contributed by atoms with E-state index in [-0.39, 0.29) is 6.10 Å². The molecule has 0 spiro atoms. The largest absolute Gasteiger partial charge is 0.392 e. The summed E-state index contributed by atoms with van der Waals surface area (Å²) in [5.41, 5.74) is 2.42. The van der Waals surface area contributed by atoms with Crippen LogP contribution in [-0.2, 0) is 6.54 Å². The lowest BCUT2D eigenvalue weighted by molar-refractivity contribution is 0.101. The van der Waals surface area contributed by atoms with Gasteiger partial charge in [-0.15, -0.1) is 0 Å². The van der Waals surface area contributed by atoms with Gasteiger partial charge in [-0.3, -0.25) is 0 Å².